The molecule has 0 spiro atoms. The van der Waals surface area contributed by atoms with Crippen LogP contribution < -0.4 is 9.62 Å². The van der Waals surface area contributed by atoms with Crippen molar-refractivity contribution in [2.75, 3.05) is 16.2 Å². The number of carbonyl (C=O) groups excluding carboxylic acids is 1. The lowest BCUT2D eigenvalue weighted by Crippen LogP contribution is -2.24. The predicted molar refractivity (Wildman–Crippen MR) is 99.3 cm³/mol. The number of rotatable bonds is 5. The molecule has 1 fully saturated rings. The smallest absolute Gasteiger partial charge is 0.261 e. The highest BCUT2D eigenvalue weighted by molar-refractivity contribution is 7.92. The van der Waals surface area contributed by atoms with Gasteiger partial charge in [0.25, 0.3) is 10.0 Å². The van der Waals surface area contributed by atoms with E-state index >= 15 is 0 Å². The maximum Gasteiger partial charge on any atom is 0.261 e. The molecule has 1 amide bonds. The fraction of sp³-hybridized carbons (Fsp3) is 0.263. The molecule has 1 heterocycles. The Morgan fingerprint density at radius 1 is 1.19 bits per heavy atom. The lowest BCUT2D eigenvalue weighted by atomic mass is 10.1. The van der Waals surface area contributed by atoms with Crippen molar-refractivity contribution >= 4 is 27.3 Å². The van der Waals surface area contributed by atoms with Crippen molar-refractivity contribution in [1.29, 1.82) is 5.26 Å². The zero-order chi connectivity index (χ0) is 18.7. The van der Waals surface area contributed by atoms with Crippen LogP contribution in [0.3, 0.4) is 0 Å². The molecule has 0 atom stereocenters. The first-order valence-corrected chi connectivity index (χ1v) is 9.79. The number of nitrogens with one attached hydrogen (secondary N) is 1. The van der Waals surface area contributed by atoms with E-state index in [0.717, 1.165) is 23.2 Å². The summed E-state index contributed by atoms with van der Waals surface area (Å²) in [6.07, 6.45) is 1.63. The molecule has 0 bridgehead atoms. The topological polar surface area (TPSA) is 90.3 Å². The first-order chi connectivity index (χ1) is 12.4. The van der Waals surface area contributed by atoms with E-state index in [2.05, 4.69) is 4.72 Å². The molecule has 0 aromatic heterocycles. The summed E-state index contributed by atoms with van der Waals surface area (Å²) in [5, 5.41) is 8.68. The van der Waals surface area contributed by atoms with Crippen LogP contribution in [0.15, 0.2) is 47.4 Å². The fourth-order valence-electron chi connectivity index (χ4n) is 3.00. The van der Waals surface area contributed by atoms with Crippen LogP contribution in [0.2, 0.25) is 0 Å². The Morgan fingerprint density at radius 2 is 1.92 bits per heavy atom. The van der Waals surface area contributed by atoms with Gasteiger partial charge in [-0.2, -0.15) is 5.26 Å². The van der Waals surface area contributed by atoms with Crippen LogP contribution in [-0.4, -0.2) is 20.9 Å². The van der Waals surface area contributed by atoms with Crippen LogP contribution in [0, 0.1) is 18.3 Å². The number of anilines is 2. The van der Waals surface area contributed by atoms with Crippen molar-refractivity contribution in [1.82, 2.24) is 0 Å². The van der Waals surface area contributed by atoms with Gasteiger partial charge in [-0.05, 0) is 54.8 Å². The summed E-state index contributed by atoms with van der Waals surface area (Å²) in [4.78, 5) is 13.7. The van der Waals surface area contributed by atoms with Gasteiger partial charge in [0.15, 0.2) is 0 Å². The minimum Gasteiger partial charge on any atom is -0.312 e. The summed E-state index contributed by atoms with van der Waals surface area (Å²) >= 11 is 0. The number of hydrogen-bond donors (Lipinski definition) is 1. The van der Waals surface area contributed by atoms with Crippen LogP contribution in [0.4, 0.5) is 11.4 Å². The third kappa shape index (κ3) is 3.70. The minimum atomic E-state index is -3.73. The minimum absolute atomic E-state index is 0.0688. The Kier molecular flexibility index (Phi) is 4.96. The summed E-state index contributed by atoms with van der Waals surface area (Å²) in [5.41, 5.74) is 2.76. The molecule has 1 aliphatic heterocycles. The lowest BCUT2D eigenvalue weighted by molar-refractivity contribution is -0.117. The lowest BCUT2D eigenvalue weighted by Gasteiger charge is -2.19. The van der Waals surface area contributed by atoms with Crippen LogP contribution in [-0.2, 0) is 21.2 Å². The predicted octanol–water partition coefficient (Wildman–Crippen LogP) is 2.99. The van der Waals surface area contributed by atoms with E-state index in [9.17, 15) is 13.2 Å². The molecule has 0 radical (unpaired) electrons. The van der Waals surface area contributed by atoms with E-state index in [1.54, 1.807) is 48.2 Å². The molecule has 1 N–H and O–H groups in total. The molecule has 2 aromatic carbocycles. The number of carbonyl (C=O) groups is 1. The Hall–Kier alpha value is -2.85. The largest absolute Gasteiger partial charge is 0.312 e. The van der Waals surface area contributed by atoms with Crippen molar-refractivity contribution in [3.8, 4) is 6.07 Å². The third-order valence-corrected chi connectivity index (χ3v) is 5.71. The van der Waals surface area contributed by atoms with E-state index in [1.165, 1.54) is 6.07 Å². The maximum absolute atomic E-state index is 12.6. The molecular weight excluding hydrogens is 350 g/mol. The average Bonchev–Trinajstić information content (AvgIpc) is 3.02. The van der Waals surface area contributed by atoms with Gasteiger partial charge in [0.05, 0.1) is 17.4 Å². The molecule has 6 nitrogen and oxygen atoms in total. The highest BCUT2D eigenvalue weighted by Gasteiger charge is 2.24. The van der Waals surface area contributed by atoms with E-state index in [1.807, 2.05) is 6.07 Å². The fourth-order valence-corrected chi connectivity index (χ4v) is 4.14. The molecular formula is C19H19N3O3S. The number of hydrogen-bond acceptors (Lipinski definition) is 4. The van der Waals surface area contributed by atoms with Crippen molar-refractivity contribution in [3.05, 3.63) is 53.6 Å². The number of amides is 1. The molecule has 1 saturated heterocycles. The van der Waals surface area contributed by atoms with Gasteiger partial charge >= 0.3 is 0 Å². The molecule has 134 valence electrons. The number of benzene rings is 2. The summed E-state index contributed by atoms with van der Waals surface area (Å²) in [6, 6.07) is 13.5. The number of aryl methyl sites for hydroxylation is 1. The zero-order valence-corrected chi connectivity index (χ0v) is 15.2. The Labute approximate surface area is 153 Å². The summed E-state index contributed by atoms with van der Waals surface area (Å²) < 4.78 is 27.8. The highest BCUT2D eigenvalue weighted by atomic mass is 32.2. The number of nitriles is 1. The average molecular weight is 369 g/mol. The Balaban J connectivity index is 1.82. The molecule has 3 rings (SSSR count). The van der Waals surface area contributed by atoms with Crippen molar-refractivity contribution in [2.45, 2.75) is 31.1 Å². The SMILES string of the molecule is Cc1cc(S(=O)(=O)Nc2ccc(CC#N)cc2)ccc1N1CCCC1=O. The molecule has 2 aromatic rings. The molecule has 1 aliphatic rings. The van der Waals surface area contributed by atoms with Crippen LogP contribution in [0.5, 0.6) is 0 Å². The monoisotopic (exact) mass is 369 g/mol. The van der Waals surface area contributed by atoms with Gasteiger partial charge in [0, 0.05) is 24.3 Å². The molecule has 26 heavy (non-hydrogen) atoms. The summed E-state index contributed by atoms with van der Waals surface area (Å²) in [7, 11) is -3.73. The van der Waals surface area contributed by atoms with Crippen LogP contribution in [0.25, 0.3) is 0 Å². The standard InChI is InChI=1S/C19H19N3O3S/c1-14-13-17(8-9-18(14)22-12-2-3-19(22)23)26(24,25)21-16-6-4-15(5-7-16)10-11-20/h4-9,13,21H,2-3,10,12H2,1H3. The molecule has 7 heteroatoms. The van der Waals surface area contributed by atoms with Gasteiger partial charge in [0.1, 0.15) is 0 Å². The van der Waals surface area contributed by atoms with Gasteiger partial charge in [0.2, 0.25) is 5.91 Å². The first-order valence-electron chi connectivity index (χ1n) is 8.30. The van der Waals surface area contributed by atoms with Crippen molar-refractivity contribution in [3.63, 3.8) is 0 Å². The Bertz CT molecular complexity index is 976. The van der Waals surface area contributed by atoms with E-state index in [0.29, 0.717) is 18.7 Å². The second kappa shape index (κ2) is 7.18. The van der Waals surface area contributed by atoms with Gasteiger partial charge in [-0.3, -0.25) is 9.52 Å². The zero-order valence-electron chi connectivity index (χ0n) is 14.4. The quantitative estimate of drug-likeness (QED) is 0.877. The third-order valence-electron chi connectivity index (χ3n) is 4.33. The van der Waals surface area contributed by atoms with Gasteiger partial charge in [-0.15, -0.1) is 0 Å². The van der Waals surface area contributed by atoms with E-state index in [-0.39, 0.29) is 17.2 Å². The van der Waals surface area contributed by atoms with Gasteiger partial charge in [-0.25, -0.2) is 8.42 Å². The first kappa shape index (κ1) is 18.0. The summed E-state index contributed by atoms with van der Waals surface area (Å²) in [5.74, 6) is 0.0688. The van der Waals surface area contributed by atoms with E-state index < -0.39 is 10.0 Å². The molecule has 0 saturated carbocycles. The molecule has 0 aliphatic carbocycles. The highest BCUT2D eigenvalue weighted by Crippen LogP contribution is 2.28. The van der Waals surface area contributed by atoms with Gasteiger partial charge in [-0.1, -0.05) is 12.1 Å². The maximum atomic E-state index is 12.6. The Morgan fingerprint density at radius 3 is 2.50 bits per heavy atom. The van der Waals surface area contributed by atoms with Gasteiger partial charge < -0.3 is 4.90 Å². The second-order valence-electron chi connectivity index (χ2n) is 6.23. The van der Waals surface area contributed by atoms with Crippen molar-refractivity contribution < 1.29 is 13.2 Å². The van der Waals surface area contributed by atoms with Crippen LogP contribution in [0.1, 0.15) is 24.0 Å². The second-order valence-corrected chi connectivity index (χ2v) is 7.92. The summed E-state index contributed by atoms with van der Waals surface area (Å²) in [6.45, 7) is 2.47. The van der Waals surface area contributed by atoms with E-state index in [4.69, 9.17) is 5.26 Å². The molecule has 0 unspecified atom stereocenters. The van der Waals surface area contributed by atoms with Crippen molar-refractivity contribution in [2.24, 2.45) is 0 Å². The van der Waals surface area contributed by atoms with Crippen LogP contribution >= 0.6 is 0 Å². The number of nitrogens with zero attached hydrogens (tertiary/aromatic N) is 2. The number of sulfonamides is 1. The normalized spacial score (nSPS) is 14.3.